The predicted octanol–water partition coefficient (Wildman–Crippen LogP) is 2.74. The van der Waals surface area contributed by atoms with Crippen LogP contribution in [0.2, 0.25) is 0 Å². The van der Waals surface area contributed by atoms with Gasteiger partial charge >= 0.3 is 12.3 Å². The maximum Gasteiger partial charge on any atom is 0.573 e. The summed E-state index contributed by atoms with van der Waals surface area (Å²) in [5.41, 5.74) is -1.41. The van der Waals surface area contributed by atoms with Gasteiger partial charge in [-0.05, 0) is 25.0 Å². The van der Waals surface area contributed by atoms with Crippen molar-refractivity contribution in [2.24, 2.45) is 0 Å². The molecule has 1 N–H and O–H groups in total. The molecule has 1 saturated carbocycles. The first kappa shape index (κ1) is 19.5. The number of hydrogen-bond acceptors (Lipinski definition) is 5. The summed E-state index contributed by atoms with van der Waals surface area (Å²) in [5.74, 6) is -1.37. The Labute approximate surface area is 143 Å². The Hall–Kier alpha value is -1.81. The molecule has 1 aromatic carbocycles. The second-order valence-corrected chi connectivity index (χ2v) is 7.44. The van der Waals surface area contributed by atoms with E-state index in [2.05, 4.69) is 9.46 Å². The fourth-order valence-corrected chi connectivity index (χ4v) is 4.30. The van der Waals surface area contributed by atoms with E-state index in [9.17, 15) is 26.4 Å². The van der Waals surface area contributed by atoms with Crippen molar-refractivity contribution in [3.8, 4) is 5.75 Å². The molecule has 0 atom stereocenters. The molecule has 0 radical (unpaired) electrons. The van der Waals surface area contributed by atoms with Crippen LogP contribution in [0, 0.1) is 0 Å². The van der Waals surface area contributed by atoms with Gasteiger partial charge in [0, 0.05) is 6.07 Å². The van der Waals surface area contributed by atoms with Crippen LogP contribution in [0.15, 0.2) is 29.2 Å². The molecule has 25 heavy (non-hydrogen) atoms. The van der Waals surface area contributed by atoms with Gasteiger partial charge in [0.2, 0.25) is 10.0 Å². The highest BCUT2D eigenvalue weighted by Gasteiger charge is 2.44. The first-order chi connectivity index (χ1) is 11.6. The highest BCUT2D eigenvalue weighted by molar-refractivity contribution is 7.89. The normalized spacial score (nSPS) is 17.8. The molecule has 0 aromatic heterocycles. The number of rotatable bonds is 5. The molecule has 0 bridgehead atoms. The number of halogens is 3. The van der Waals surface area contributed by atoms with Crippen LogP contribution in [-0.4, -0.2) is 33.4 Å². The molecule has 1 fully saturated rings. The van der Waals surface area contributed by atoms with E-state index in [-0.39, 0.29) is 12.8 Å². The van der Waals surface area contributed by atoms with E-state index in [1.165, 1.54) is 0 Å². The standard InChI is InChI=1S/C15H18F3NO5S/c1-23-13(20)14(8-3-2-4-9-14)19-25(21,22)12-7-5-6-11(10-12)24-15(16,17)18/h5-7,10,19H,2-4,8-9H2,1H3. The van der Waals surface area contributed by atoms with Gasteiger partial charge < -0.3 is 9.47 Å². The monoisotopic (exact) mass is 381 g/mol. The molecule has 140 valence electrons. The van der Waals surface area contributed by atoms with Crippen LogP contribution in [0.25, 0.3) is 0 Å². The Bertz CT molecular complexity index is 727. The van der Waals surface area contributed by atoms with Crippen LogP contribution in [0.3, 0.4) is 0 Å². The summed E-state index contributed by atoms with van der Waals surface area (Å²) in [5, 5.41) is 0. The third-order valence-electron chi connectivity index (χ3n) is 3.96. The molecule has 0 unspecified atom stereocenters. The van der Waals surface area contributed by atoms with Gasteiger partial charge in [-0.2, -0.15) is 4.72 Å². The number of nitrogens with one attached hydrogen (secondary N) is 1. The van der Waals surface area contributed by atoms with Crippen molar-refractivity contribution in [1.82, 2.24) is 4.72 Å². The summed E-state index contributed by atoms with van der Waals surface area (Å²) in [7, 11) is -3.09. The average Bonchev–Trinajstić information content (AvgIpc) is 2.53. The summed E-state index contributed by atoms with van der Waals surface area (Å²) < 4.78 is 72.9. The smallest absolute Gasteiger partial charge is 0.468 e. The molecule has 1 aliphatic carbocycles. The molecule has 0 spiro atoms. The van der Waals surface area contributed by atoms with E-state index in [4.69, 9.17) is 4.74 Å². The van der Waals surface area contributed by atoms with Crippen molar-refractivity contribution in [3.05, 3.63) is 24.3 Å². The number of methoxy groups -OCH3 is 1. The minimum atomic E-state index is -4.94. The SMILES string of the molecule is COC(=O)C1(NS(=O)(=O)c2cccc(OC(F)(F)F)c2)CCCCC1. The van der Waals surface area contributed by atoms with Crippen molar-refractivity contribution in [2.45, 2.75) is 48.9 Å². The predicted molar refractivity (Wildman–Crippen MR) is 81.3 cm³/mol. The molecule has 0 aliphatic heterocycles. The Balaban J connectivity index is 2.31. The van der Waals surface area contributed by atoms with Crippen molar-refractivity contribution >= 4 is 16.0 Å². The second-order valence-electron chi connectivity index (χ2n) is 5.76. The van der Waals surface area contributed by atoms with Gasteiger partial charge in [0.25, 0.3) is 0 Å². The highest BCUT2D eigenvalue weighted by atomic mass is 32.2. The van der Waals surface area contributed by atoms with E-state index in [0.717, 1.165) is 37.8 Å². The van der Waals surface area contributed by atoms with Crippen molar-refractivity contribution in [1.29, 1.82) is 0 Å². The third-order valence-corrected chi connectivity index (χ3v) is 5.50. The molecule has 10 heteroatoms. The first-order valence-corrected chi connectivity index (χ1v) is 9.04. The second kappa shape index (κ2) is 7.20. The van der Waals surface area contributed by atoms with Crippen LogP contribution in [0.4, 0.5) is 13.2 Å². The maximum atomic E-state index is 12.6. The fraction of sp³-hybridized carbons (Fsp3) is 0.533. The minimum absolute atomic E-state index is 0.262. The summed E-state index contributed by atoms with van der Waals surface area (Å²) in [4.78, 5) is 11.7. The van der Waals surface area contributed by atoms with Crippen LogP contribution in [0.1, 0.15) is 32.1 Å². The molecular weight excluding hydrogens is 363 g/mol. The molecule has 2 rings (SSSR count). The van der Waals surface area contributed by atoms with Crippen molar-refractivity contribution in [3.63, 3.8) is 0 Å². The summed E-state index contributed by atoms with van der Waals surface area (Å²) >= 11 is 0. The number of ether oxygens (including phenoxy) is 2. The number of sulfonamides is 1. The topological polar surface area (TPSA) is 81.7 Å². The quantitative estimate of drug-likeness (QED) is 0.793. The van der Waals surface area contributed by atoms with Crippen LogP contribution in [-0.2, 0) is 19.6 Å². The number of benzene rings is 1. The third kappa shape index (κ3) is 4.85. The lowest BCUT2D eigenvalue weighted by Crippen LogP contribution is -2.55. The van der Waals surface area contributed by atoms with Gasteiger partial charge in [0.05, 0.1) is 12.0 Å². The zero-order valence-corrected chi connectivity index (χ0v) is 14.2. The lowest BCUT2D eigenvalue weighted by molar-refractivity contribution is -0.274. The van der Waals surface area contributed by atoms with Gasteiger partial charge in [-0.25, -0.2) is 8.42 Å². The van der Waals surface area contributed by atoms with E-state index in [0.29, 0.717) is 12.8 Å². The Morgan fingerprint density at radius 3 is 2.40 bits per heavy atom. The minimum Gasteiger partial charge on any atom is -0.468 e. The molecule has 0 saturated heterocycles. The zero-order chi connectivity index (χ0) is 18.7. The van der Waals surface area contributed by atoms with Gasteiger partial charge in [0.1, 0.15) is 11.3 Å². The number of alkyl halides is 3. The van der Waals surface area contributed by atoms with Gasteiger partial charge in [-0.3, -0.25) is 4.79 Å². The molecule has 1 aromatic rings. The van der Waals surface area contributed by atoms with Gasteiger partial charge in [-0.1, -0.05) is 25.3 Å². The molecule has 6 nitrogen and oxygen atoms in total. The average molecular weight is 381 g/mol. The number of carbonyl (C=O) groups excluding carboxylic acids is 1. The Kier molecular flexibility index (Phi) is 5.62. The van der Waals surface area contributed by atoms with E-state index in [1.807, 2.05) is 0 Å². The molecule has 0 heterocycles. The van der Waals surface area contributed by atoms with Crippen molar-refractivity contribution < 1.29 is 35.9 Å². The van der Waals surface area contributed by atoms with Crippen molar-refractivity contribution in [2.75, 3.05) is 7.11 Å². The highest BCUT2D eigenvalue weighted by Crippen LogP contribution is 2.32. The first-order valence-electron chi connectivity index (χ1n) is 7.56. The zero-order valence-electron chi connectivity index (χ0n) is 13.4. The van der Waals surface area contributed by atoms with Crippen LogP contribution >= 0.6 is 0 Å². The van der Waals surface area contributed by atoms with Crippen LogP contribution in [0.5, 0.6) is 5.75 Å². The lowest BCUT2D eigenvalue weighted by atomic mass is 9.83. The summed E-state index contributed by atoms with van der Waals surface area (Å²) in [6.07, 6.45) is -2.29. The van der Waals surface area contributed by atoms with E-state index in [1.54, 1.807) is 0 Å². The fourth-order valence-electron chi connectivity index (χ4n) is 2.85. The largest absolute Gasteiger partial charge is 0.573 e. The van der Waals surface area contributed by atoms with E-state index < -0.39 is 38.5 Å². The summed E-state index contributed by atoms with van der Waals surface area (Å²) in [6.45, 7) is 0. The van der Waals surface area contributed by atoms with Crippen LogP contribution < -0.4 is 9.46 Å². The number of esters is 1. The molecule has 0 amide bonds. The Morgan fingerprint density at radius 1 is 1.20 bits per heavy atom. The number of carbonyl (C=O) groups is 1. The van der Waals surface area contributed by atoms with E-state index >= 15 is 0 Å². The van der Waals surface area contributed by atoms with Gasteiger partial charge in [0.15, 0.2) is 0 Å². The number of hydrogen-bond donors (Lipinski definition) is 1. The summed E-state index contributed by atoms with van der Waals surface area (Å²) in [6, 6.07) is 3.99. The molecule has 1 aliphatic rings. The molecular formula is C15H18F3NO5S. The maximum absolute atomic E-state index is 12.6. The Morgan fingerprint density at radius 2 is 1.84 bits per heavy atom. The van der Waals surface area contributed by atoms with Gasteiger partial charge in [-0.15, -0.1) is 13.2 Å². The lowest BCUT2D eigenvalue weighted by Gasteiger charge is -2.34.